The van der Waals surface area contributed by atoms with Crippen LogP contribution in [0.5, 0.6) is 0 Å². The maximum absolute atomic E-state index is 5.36. The Morgan fingerprint density at radius 3 is 2.92 bits per heavy atom. The molecular weight excluding hydrogens is 232 g/mol. The van der Waals surface area contributed by atoms with Crippen molar-refractivity contribution in [1.82, 2.24) is 5.43 Å². The monoisotopic (exact) mass is 242 g/mol. The Morgan fingerprint density at radius 2 is 2.46 bits per heavy atom. The van der Waals surface area contributed by atoms with Crippen LogP contribution in [0, 0.1) is 11.8 Å². The number of hydrogen-bond donors (Lipinski definition) is 2. The molecule has 0 aliphatic rings. The standard InChI is InChI=1S/C9H11BrN2O/c1-2-3-4-7(12-11)8-5-6-9(10)13-8/h5-7,12H,4,11H2,1H3. The Bertz CT molecular complexity index is 324. The van der Waals surface area contributed by atoms with Gasteiger partial charge in [0.2, 0.25) is 0 Å². The molecule has 4 heteroatoms. The summed E-state index contributed by atoms with van der Waals surface area (Å²) in [5.41, 5.74) is 2.65. The van der Waals surface area contributed by atoms with Gasteiger partial charge in [0.1, 0.15) is 5.76 Å². The minimum absolute atomic E-state index is 0.0428. The quantitative estimate of drug-likeness (QED) is 0.484. The van der Waals surface area contributed by atoms with Gasteiger partial charge in [0.15, 0.2) is 4.67 Å². The molecule has 1 unspecified atom stereocenters. The summed E-state index contributed by atoms with van der Waals surface area (Å²) in [6.45, 7) is 1.80. The van der Waals surface area contributed by atoms with Gasteiger partial charge in [-0.1, -0.05) is 0 Å². The number of hydrogen-bond acceptors (Lipinski definition) is 3. The first-order chi connectivity index (χ1) is 6.27. The molecule has 0 saturated heterocycles. The molecule has 1 aromatic rings. The molecule has 0 amide bonds. The van der Waals surface area contributed by atoms with E-state index < -0.39 is 0 Å². The van der Waals surface area contributed by atoms with Gasteiger partial charge < -0.3 is 4.42 Å². The normalized spacial score (nSPS) is 11.9. The Balaban J connectivity index is 2.70. The molecule has 1 rings (SSSR count). The highest BCUT2D eigenvalue weighted by atomic mass is 79.9. The second-order valence-corrected chi connectivity index (χ2v) is 3.27. The average molecular weight is 243 g/mol. The summed E-state index contributed by atoms with van der Waals surface area (Å²) in [5.74, 6) is 11.9. The third-order valence-electron chi connectivity index (χ3n) is 1.62. The second kappa shape index (κ2) is 5.07. The van der Waals surface area contributed by atoms with E-state index in [0.29, 0.717) is 11.1 Å². The molecule has 0 radical (unpaired) electrons. The topological polar surface area (TPSA) is 51.2 Å². The smallest absolute Gasteiger partial charge is 0.169 e. The van der Waals surface area contributed by atoms with Gasteiger partial charge in [-0.05, 0) is 35.0 Å². The second-order valence-electron chi connectivity index (χ2n) is 2.49. The molecule has 1 aromatic heterocycles. The lowest BCUT2D eigenvalue weighted by Gasteiger charge is -2.08. The number of halogens is 1. The van der Waals surface area contributed by atoms with Crippen molar-refractivity contribution in [2.45, 2.75) is 19.4 Å². The zero-order valence-corrected chi connectivity index (χ0v) is 8.89. The number of nitrogens with one attached hydrogen (secondary N) is 1. The maximum Gasteiger partial charge on any atom is 0.169 e. The van der Waals surface area contributed by atoms with Crippen molar-refractivity contribution in [3.8, 4) is 11.8 Å². The van der Waals surface area contributed by atoms with E-state index in [1.165, 1.54) is 0 Å². The van der Waals surface area contributed by atoms with Crippen molar-refractivity contribution in [2.75, 3.05) is 0 Å². The van der Waals surface area contributed by atoms with Crippen LogP contribution in [0.1, 0.15) is 25.1 Å². The molecule has 3 N–H and O–H groups in total. The number of furan rings is 1. The first-order valence-electron chi connectivity index (χ1n) is 3.89. The Labute approximate surface area is 85.8 Å². The van der Waals surface area contributed by atoms with Gasteiger partial charge in [-0.25, -0.2) is 5.43 Å². The van der Waals surface area contributed by atoms with Crippen molar-refractivity contribution < 1.29 is 4.42 Å². The molecule has 0 fully saturated rings. The van der Waals surface area contributed by atoms with E-state index in [9.17, 15) is 0 Å². The minimum atomic E-state index is -0.0428. The first-order valence-corrected chi connectivity index (χ1v) is 4.68. The zero-order valence-electron chi connectivity index (χ0n) is 7.30. The Kier molecular flexibility index (Phi) is 4.03. The average Bonchev–Trinajstić information content (AvgIpc) is 2.54. The fourth-order valence-electron chi connectivity index (χ4n) is 0.961. The van der Waals surface area contributed by atoms with Crippen molar-refractivity contribution in [3.05, 3.63) is 22.6 Å². The largest absolute Gasteiger partial charge is 0.453 e. The van der Waals surface area contributed by atoms with Gasteiger partial charge in [-0.3, -0.25) is 5.84 Å². The van der Waals surface area contributed by atoms with Crippen molar-refractivity contribution in [1.29, 1.82) is 0 Å². The molecule has 0 aliphatic heterocycles. The summed E-state index contributed by atoms with van der Waals surface area (Å²) in [4.78, 5) is 0. The van der Waals surface area contributed by atoms with Crippen LogP contribution in [-0.2, 0) is 0 Å². The minimum Gasteiger partial charge on any atom is -0.453 e. The molecule has 0 bridgehead atoms. The van der Waals surface area contributed by atoms with E-state index in [1.54, 1.807) is 6.92 Å². The maximum atomic E-state index is 5.36. The summed E-state index contributed by atoms with van der Waals surface area (Å²) in [6, 6.07) is 3.66. The van der Waals surface area contributed by atoms with Crippen LogP contribution in [0.25, 0.3) is 0 Å². The molecule has 1 atom stereocenters. The SMILES string of the molecule is CC#CCC(NN)c1ccc(Br)o1. The highest BCUT2D eigenvalue weighted by Gasteiger charge is 2.11. The lowest BCUT2D eigenvalue weighted by Crippen LogP contribution is -2.27. The van der Waals surface area contributed by atoms with Crippen molar-refractivity contribution in [2.24, 2.45) is 5.84 Å². The van der Waals surface area contributed by atoms with Crippen LogP contribution < -0.4 is 11.3 Å². The van der Waals surface area contributed by atoms with Crippen LogP contribution in [0.15, 0.2) is 21.2 Å². The Morgan fingerprint density at radius 1 is 1.69 bits per heavy atom. The Hall–Kier alpha value is -0.760. The summed E-state index contributed by atoms with van der Waals surface area (Å²) < 4.78 is 6.04. The van der Waals surface area contributed by atoms with E-state index in [-0.39, 0.29) is 6.04 Å². The molecule has 0 spiro atoms. The van der Waals surface area contributed by atoms with Gasteiger partial charge in [0.05, 0.1) is 6.04 Å². The van der Waals surface area contributed by atoms with Gasteiger partial charge in [-0.2, -0.15) is 0 Å². The van der Waals surface area contributed by atoms with Crippen molar-refractivity contribution >= 4 is 15.9 Å². The summed E-state index contributed by atoms with van der Waals surface area (Å²) in [7, 11) is 0. The molecule has 0 saturated carbocycles. The number of rotatable bonds is 3. The van der Waals surface area contributed by atoms with Crippen LogP contribution in [0.4, 0.5) is 0 Å². The predicted molar refractivity (Wildman–Crippen MR) is 54.5 cm³/mol. The first kappa shape index (κ1) is 10.3. The molecule has 70 valence electrons. The van der Waals surface area contributed by atoms with E-state index in [1.807, 2.05) is 12.1 Å². The summed E-state index contributed by atoms with van der Waals surface area (Å²) in [6.07, 6.45) is 0.646. The highest BCUT2D eigenvalue weighted by molar-refractivity contribution is 9.10. The third-order valence-corrected chi connectivity index (χ3v) is 2.05. The lowest BCUT2D eigenvalue weighted by atomic mass is 10.2. The molecule has 3 nitrogen and oxygen atoms in total. The van der Waals surface area contributed by atoms with Crippen LogP contribution in [0.2, 0.25) is 0 Å². The molecule has 1 heterocycles. The van der Waals surface area contributed by atoms with Crippen LogP contribution >= 0.6 is 15.9 Å². The highest BCUT2D eigenvalue weighted by Crippen LogP contribution is 2.21. The summed E-state index contributed by atoms with van der Waals surface area (Å²) >= 11 is 3.23. The van der Waals surface area contributed by atoms with E-state index >= 15 is 0 Å². The van der Waals surface area contributed by atoms with Crippen molar-refractivity contribution in [3.63, 3.8) is 0 Å². The van der Waals surface area contributed by atoms with E-state index in [2.05, 4.69) is 33.2 Å². The molecular formula is C9H11BrN2O. The fraction of sp³-hybridized carbons (Fsp3) is 0.333. The van der Waals surface area contributed by atoms with Gasteiger partial charge in [0.25, 0.3) is 0 Å². The van der Waals surface area contributed by atoms with E-state index in [4.69, 9.17) is 10.3 Å². The van der Waals surface area contributed by atoms with Gasteiger partial charge in [0, 0.05) is 6.42 Å². The number of nitrogens with two attached hydrogens (primary N) is 1. The van der Waals surface area contributed by atoms with Crippen LogP contribution in [0.3, 0.4) is 0 Å². The fourth-order valence-corrected chi connectivity index (χ4v) is 1.28. The van der Waals surface area contributed by atoms with Crippen LogP contribution in [-0.4, -0.2) is 0 Å². The van der Waals surface area contributed by atoms with Gasteiger partial charge in [-0.15, -0.1) is 11.8 Å². The van der Waals surface area contributed by atoms with E-state index in [0.717, 1.165) is 5.76 Å². The molecule has 0 aliphatic carbocycles. The summed E-state index contributed by atoms with van der Waals surface area (Å²) in [5, 5.41) is 0. The zero-order chi connectivity index (χ0) is 9.68. The lowest BCUT2D eigenvalue weighted by molar-refractivity contribution is 0.410. The molecule has 0 aromatic carbocycles. The van der Waals surface area contributed by atoms with Gasteiger partial charge >= 0.3 is 0 Å². The molecule has 13 heavy (non-hydrogen) atoms. The number of hydrazine groups is 1. The third kappa shape index (κ3) is 2.88. The predicted octanol–water partition coefficient (Wildman–Crippen LogP) is 1.96.